The average molecular weight is 378 g/mol. The molecule has 0 aromatic heterocycles. The van der Waals surface area contributed by atoms with Crippen molar-refractivity contribution >= 4 is 19.0 Å². The molecular formula is C17H29ClNO4P. The summed E-state index contributed by atoms with van der Waals surface area (Å²) in [6.45, 7) is 8.58. The summed E-state index contributed by atoms with van der Waals surface area (Å²) in [4.78, 5) is 0. The Bertz CT molecular complexity index is 532. The zero-order valence-electron chi connectivity index (χ0n) is 15.0. The Kier molecular flexibility index (Phi) is 8.93. The molecule has 0 heterocycles. The molecule has 0 spiro atoms. The van der Waals surface area contributed by atoms with Crippen LogP contribution in [0.1, 0.15) is 39.2 Å². The van der Waals surface area contributed by atoms with E-state index in [0.717, 1.165) is 5.56 Å². The molecule has 7 heteroatoms. The highest BCUT2D eigenvalue weighted by Gasteiger charge is 2.48. The van der Waals surface area contributed by atoms with Gasteiger partial charge in [-0.3, -0.25) is 4.57 Å². The number of benzene rings is 1. The van der Waals surface area contributed by atoms with E-state index in [4.69, 9.17) is 31.3 Å². The van der Waals surface area contributed by atoms with Crippen LogP contribution in [-0.2, 0) is 18.6 Å². The average Bonchev–Trinajstić information content (AvgIpc) is 2.54. The second-order valence-corrected chi connectivity index (χ2v) is 8.74. The fourth-order valence-electron chi connectivity index (χ4n) is 2.66. The maximum absolute atomic E-state index is 13.7. The second kappa shape index (κ2) is 9.91. The normalized spacial score (nSPS) is 15.9. The molecule has 2 unspecified atom stereocenters. The lowest BCUT2D eigenvalue weighted by atomic mass is 10.0. The molecule has 1 aromatic rings. The first-order valence-electron chi connectivity index (χ1n) is 8.32. The maximum Gasteiger partial charge on any atom is 0.261 e. The van der Waals surface area contributed by atoms with Crippen LogP contribution >= 0.6 is 19.0 Å². The Morgan fingerprint density at radius 2 is 1.67 bits per heavy atom. The number of nitrogens with two attached hydrogens (primary N) is 1. The van der Waals surface area contributed by atoms with Gasteiger partial charge >= 0.3 is 0 Å². The van der Waals surface area contributed by atoms with Crippen molar-refractivity contribution in [2.45, 2.75) is 39.1 Å². The zero-order chi connectivity index (χ0) is 18.2. The predicted octanol–water partition coefficient (Wildman–Crippen LogP) is 4.44. The van der Waals surface area contributed by atoms with E-state index in [9.17, 15) is 4.57 Å². The van der Waals surface area contributed by atoms with Gasteiger partial charge in [0.05, 0.1) is 6.61 Å². The van der Waals surface area contributed by atoms with Gasteiger partial charge in [0.1, 0.15) is 0 Å². The molecule has 138 valence electrons. The van der Waals surface area contributed by atoms with Crippen molar-refractivity contribution in [3.05, 3.63) is 34.9 Å². The first kappa shape index (κ1) is 21.6. The molecule has 24 heavy (non-hydrogen) atoms. The Labute approximate surface area is 150 Å². The van der Waals surface area contributed by atoms with Crippen molar-refractivity contribution in [3.8, 4) is 0 Å². The van der Waals surface area contributed by atoms with Gasteiger partial charge in [0.25, 0.3) is 7.37 Å². The topological polar surface area (TPSA) is 70.8 Å². The minimum Gasteiger partial charge on any atom is -0.342 e. The smallest absolute Gasteiger partial charge is 0.261 e. The summed E-state index contributed by atoms with van der Waals surface area (Å²) in [6, 6.07) is 7.40. The van der Waals surface area contributed by atoms with Crippen LogP contribution in [0.3, 0.4) is 0 Å². The molecule has 1 aromatic carbocycles. The molecule has 0 saturated carbocycles. The summed E-state index contributed by atoms with van der Waals surface area (Å²) < 4.78 is 30.8. The van der Waals surface area contributed by atoms with Gasteiger partial charge in [-0.25, -0.2) is 0 Å². The van der Waals surface area contributed by atoms with Crippen molar-refractivity contribution < 1.29 is 18.6 Å². The summed E-state index contributed by atoms with van der Waals surface area (Å²) >= 11 is 5.95. The summed E-state index contributed by atoms with van der Waals surface area (Å²) in [5.41, 5.74) is 5.63. The minimum absolute atomic E-state index is 0.139. The van der Waals surface area contributed by atoms with Crippen LogP contribution in [-0.4, -0.2) is 38.1 Å². The highest BCUT2D eigenvalue weighted by atomic mass is 35.5. The lowest BCUT2D eigenvalue weighted by molar-refractivity contribution is -0.168. The number of halogens is 1. The van der Waals surface area contributed by atoms with E-state index in [0.29, 0.717) is 31.4 Å². The molecule has 5 nitrogen and oxygen atoms in total. The van der Waals surface area contributed by atoms with Crippen LogP contribution in [0.5, 0.6) is 0 Å². The van der Waals surface area contributed by atoms with Crippen LogP contribution in [0.15, 0.2) is 24.3 Å². The largest absolute Gasteiger partial charge is 0.342 e. The van der Waals surface area contributed by atoms with Gasteiger partial charge in [0, 0.05) is 30.3 Å². The SMILES string of the molecule is CCOC(C)(OCC)P(=O)(CC(CN)c1ccc(Cl)cc1)OCC. The Balaban J connectivity index is 3.15. The molecular weight excluding hydrogens is 349 g/mol. The Hall–Kier alpha value is -0.420. The number of ether oxygens (including phenoxy) is 2. The van der Waals surface area contributed by atoms with Gasteiger partial charge in [-0.05, 0) is 51.9 Å². The molecule has 0 aliphatic heterocycles. The van der Waals surface area contributed by atoms with Gasteiger partial charge in [-0.2, -0.15) is 0 Å². The third kappa shape index (κ3) is 5.29. The lowest BCUT2D eigenvalue weighted by Crippen LogP contribution is -2.36. The van der Waals surface area contributed by atoms with E-state index in [2.05, 4.69) is 0 Å². The monoisotopic (exact) mass is 377 g/mol. The van der Waals surface area contributed by atoms with Gasteiger partial charge in [0.2, 0.25) is 5.53 Å². The summed E-state index contributed by atoms with van der Waals surface area (Å²) in [7, 11) is -3.28. The van der Waals surface area contributed by atoms with Crippen LogP contribution < -0.4 is 5.73 Å². The van der Waals surface area contributed by atoms with E-state index in [-0.39, 0.29) is 12.1 Å². The van der Waals surface area contributed by atoms with Crippen LogP contribution in [0.25, 0.3) is 0 Å². The third-order valence-electron chi connectivity index (χ3n) is 3.87. The molecule has 0 amide bonds. The van der Waals surface area contributed by atoms with E-state index < -0.39 is 12.9 Å². The molecule has 0 aliphatic carbocycles. The molecule has 0 saturated heterocycles. The number of rotatable bonds is 11. The quantitative estimate of drug-likeness (QED) is 0.456. The van der Waals surface area contributed by atoms with Gasteiger partial charge in [-0.15, -0.1) is 0 Å². The van der Waals surface area contributed by atoms with E-state index >= 15 is 0 Å². The lowest BCUT2D eigenvalue weighted by Gasteiger charge is -2.37. The molecule has 0 aliphatic rings. The molecule has 0 radical (unpaired) electrons. The van der Waals surface area contributed by atoms with Gasteiger partial charge < -0.3 is 19.7 Å². The number of hydrogen-bond acceptors (Lipinski definition) is 5. The van der Waals surface area contributed by atoms with Crippen molar-refractivity contribution in [2.75, 3.05) is 32.5 Å². The molecule has 2 N–H and O–H groups in total. The summed E-state index contributed by atoms with van der Waals surface area (Å²) in [5.74, 6) is -0.139. The fourth-order valence-corrected chi connectivity index (χ4v) is 5.47. The standard InChI is InChI=1S/C17H29ClNO4P/c1-5-21-17(4,22-6-2)24(20,23-7-3)13-15(12-19)14-8-10-16(18)11-9-14/h8-11,15H,5-7,12-13,19H2,1-4H3. The molecule has 2 atom stereocenters. The molecule has 0 bridgehead atoms. The molecule has 1 rings (SSSR count). The van der Waals surface area contributed by atoms with Crippen molar-refractivity contribution in [2.24, 2.45) is 5.73 Å². The van der Waals surface area contributed by atoms with Crippen molar-refractivity contribution in [1.82, 2.24) is 0 Å². The van der Waals surface area contributed by atoms with Gasteiger partial charge in [-0.1, -0.05) is 23.7 Å². The Morgan fingerprint density at radius 3 is 2.08 bits per heavy atom. The highest BCUT2D eigenvalue weighted by Crippen LogP contribution is 2.61. The summed E-state index contributed by atoms with van der Waals surface area (Å²) in [6.07, 6.45) is 0.246. The highest BCUT2D eigenvalue weighted by molar-refractivity contribution is 7.60. The van der Waals surface area contributed by atoms with E-state index in [1.807, 2.05) is 32.9 Å². The predicted molar refractivity (Wildman–Crippen MR) is 99.0 cm³/mol. The summed E-state index contributed by atoms with van der Waals surface area (Å²) in [5, 5.41) is 0.649. The first-order chi connectivity index (χ1) is 11.4. The van der Waals surface area contributed by atoms with Crippen molar-refractivity contribution in [3.63, 3.8) is 0 Å². The van der Waals surface area contributed by atoms with E-state index in [1.165, 1.54) is 0 Å². The van der Waals surface area contributed by atoms with Crippen LogP contribution in [0, 0.1) is 0 Å². The van der Waals surface area contributed by atoms with Gasteiger partial charge in [0.15, 0.2) is 0 Å². The Morgan fingerprint density at radius 1 is 1.12 bits per heavy atom. The third-order valence-corrected chi connectivity index (χ3v) is 7.21. The molecule has 0 fully saturated rings. The number of hydrogen-bond donors (Lipinski definition) is 1. The minimum atomic E-state index is -3.28. The van der Waals surface area contributed by atoms with Crippen molar-refractivity contribution in [1.29, 1.82) is 0 Å². The van der Waals surface area contributed by atoms with Crippen LogP contribution in [0.2, 0.25) is 5.02 Å². The maximum atomic E-state index is 13.7. The zero-order valence-corrected chi connectivity index (χ0v) is 16.6. The van der Waals surface area contributed by atoms with E-state index in [1.54, 1.807) is 19.1 Å². The fraction of sp³-hybridized carbons (Fsp3) is 0.647. The van der Waals surface area contributed by atoms with Crippen LogP contribution in [0.4, 0.5) is 0 Å². The first-order valence-corrected chi connectivity index (χ1v) is 10.5. The second-order valence-electron chi connectivity index (χ2n) is 5.52.